The molecule has 0 fully saturated rings. The van der Waals surface area contributed by atoms with Gasteiger partial charge in [0.05, 0.1) is 6.61 Å². The van der Waals surface area contributed by atoms with Gasteiger partial charge in [-0.05, 0) is 24.7 Å². The number of anilines is 1. The Hall–Kier alpha value is -2.25. The number of carbonyl (C=O) groups is 2. The largest absolute Gasteiger partial charge is 0.462 e. The summed E-state index contributed by atoms with van der Waals surface area (Å²) in [6.45, 7) is 5.59. The van der Waals surface area contributed by atoms with Crippen molar-refractivity contribution in [1.29, 1.82) is 0 Å². The summed E-state index contributed by atoms with van der Waals surface area (Å²) in [5.74, 6) is -0.800. The van der Waals surface area contributed by atoms with Crippen LogP contribution in [-0.4, -0.2) is 23.6 Å². The lowest BCUT2D eigenvalue weighted by Gasteiger charge is -2.12. The molecule has 0 spiro atoms. The van der Waals surface area contributed by atoms with Crippen molar-refractivity contribution in [3.8, 4) is 11.1 Å². The molecular formula is C18H20N2O3S2. The molecule has 0 bridgehead atoms. The summed E-state index contributed by atoms with van der Waals surface area (Å²) in [7, 11) is 0. The third kappa shape index (κ3) is 4.87. The number of amides is 1. The quantitative estimate of drug-likeness (QED) is 0.608. The average molecular weight is 377 g/mol. The van der Waals surface area contributed by atoms with E-state index in [4.69, 9.17) is 17.0 Å². The molecule has 1 aromatic carbocycles. The van der Waals surface area contributed by atoms with Crippen molar-refractivity contribution in [2.75, 3.05) is 11.9 Å². The van der Waals surface area contributed by atoms with Crippen molar-refractivity contribution in [2.45, 2.75) is 20.8 Å². The van der Waals surface area contributed by atoms with Crippen LogP contribution in [0.25, 0.3) is 11.1 Å². The van der Waals surface area contributed by atoms with Crippen LogP contribution in [0.4, 0.5) is 5.00 Å². The first-order valence-corrected chi connectivity index (χ1v) is 9.18. The highest BCUT2D eigenvalue weighted by atomic mass is 32.1. The van der Waals surface area contributed by atoms with Crippen molar-refractivity contribution in [3.63, 3.8) is 0 Å². The molecule has 0 unspecified atom stereocenters. The highest BCUT2D eigenvalue weighted by molar-refractivity contribution is 7.80. The van der Waals surface area contributed by atoms with E-state index < -0.39 is 5.97 Å². The molecule has 2 aromatic rings. The zero-order chi connectivity index (χ0) is 18.4. The summed E-state index contributed by atoms with van der Waals surface area (Å²) in [6, 6.07) is 9.57. The Labute approximate surface area is 156 Å². The summed E-state index contributed by atoms with van der Waals surface area (Å²) in [4.78, 5) is 24.2. The zero-order valence-electron chi connectivity index (χ0n) is 14.3. The molecule has 25 heavy (non-hydrogen) atoms. The molecule has 132 valence electrons. The van der Waals surface area contributed by atoms with Crippen molar-refractivity contribution < 1.29 is 14.3 Å². The summed E-state index contributed by atoms with van der Waals surface area (Å²) in [5.41, 5.74) is 2.09. The van der Waals surface area contributed by atoms with Gasteiger partial charge in [-0.3, -0.25) is 4.79 Å². The predicted octanol–water partition coefficient (Wildman–Crippen LogP) is 4.06. The number of thiocarbonyl (C=S) groups is 1. The molecule has 0 atom stereocenters. The van der Waals surface area contributed by atoms with Gasteiger partial charge in [-0.1, -0.05) is 44.2 Å². The van der Waals surface area contributed by atoms with Gasteiger partial charge in [0.25, 0.3) is 0 Å². The average Bonchev–Trinajstić information content (AvgIpc) is 2.99. The van der Waals surface area contributed by atoms with Crippen molar-refractivity contribution in [3.05, 3.63) is 41.3 Å². The highest BCUT2D eigenvalue weighted by Crippen LogP contribution is 2.36. The molecule has 5 nitrogen and oxygen atoms in total. The number of ether oxygens (including phenoxy) is 1. The molecule has 0 saturated carbocycles. The van der Waals surface area contributed by atoms with Crippen LogP contribution in [0.3, 0.4) is 0 Å². The maximum absolute atomic E-state index is 12.4. The van der Waals surface area contributed by atoms with Crippen molar-refractivity contribution in [1.82, 2.24) is 5.32 Å². The molecule has 0 aliphatic carbocycles. The van der Waals surface area contributed by atoms with E-state index in [1.165, 1.54) is 11.3 Å². The number of rotatable bonds is 5. The summed E-state index contributed by atoms with van der Waals surface area (Å²) >= 11 is 6.52. The number of hydrogen-bond donors (Lipinski definition) is 2. The minimum Gasteiger partial charge on any atom is -0.462 e. The lowest BCUT2D eigenvalue weighted by molar-refractivity contribution is -0.122. The monoisotopic (exact) mass is 376 g/mol. The Morgan fingerprint density at radius 2 is 1.92 bits per heavy atom. The molecule has 2 N–H and O–H groups in total. The number of thiophene rings is 1. The minimum atomic E-state index is -0.428. The van der Waals surface area contributed by atoms with E-state index in [-0.39, 0.29) is 23.5 Å². The first kappa shape index (κ1) is 19.1. The summed E-state index contributed by atoms with van der Waals surface area (Å²) in [6.07, 6.45) is 0. The van der Waals surface area contributed by atoms with Gasteiger partial charge >= 0.3 is 5.97 Å². The zero-order valence-corrected chi connectivity index (χ0v) is 15.9. The third-order valence-electron chi connectivity index (χ3n) is 3.34. The van der Waals surface area contributed by atoms with Gasteiger partial charge in [0.15, 0.2) is 5.11 Å². The second kappa shape index (κ2) is 8.73. The number of nitrogens with one attached hydrogen (secondary N) is 2. The third-order valence-corrected chi connectivity index (χ3v) is 4.44. The first-order chi connectivity index (χ1) is 11.9. The van der Waals surface area contributed by atoms with Crippen LogP contribution in [-0.2, 0) is 9.53 Å². The van der Waals surface area contributed by atoms with Gasteiger partial charge < -0.3 is 15.4 Å². The van der Waals surface area contributed by atoms with E-state index in [9.17, 15) is 9.59 Å². The molecule has 0 aliphatic heterocycles. The SMILES string of the molecule is CCOC(=O)c1c(-c2ccccc2)csc1NC(=S)NC(=O)C(C)C. The van der Waals surface area contributed by atoms with Crippen LogP contribution in [0.1, 0.15) is 31.1 Å². The van der Waals surface area contributed by atoms with Gasteiger partial charge in [-0.15, -0.1) is 11.3 Å². The van der Waals surface area contributed by atoms with E-state index in [1.54, 1.807) is 20.8 Å². The Balaban J connectivity index is 2.32. The Morgan fingerprint density at radius 1 is 1.24 bits per heavy atom. The van der Waals surface area contributed by atoms with Crippen LogP contribution in [0, 0.1) is 5.92 Å². The lowest BCUT2D eigenvalue weighted by atomic mass is 10.0. The number of carbonyl (C=O) groups excluding carboxylic acids is 2. The second-order valence-corrected chi connectivity index (χ2v) is 6.83. The molecule has 0 saturated heterocycles. The molecule has 7 heteroatoms. The van der Waals surface area contributed by atoms with Crippen LogP contribution >= 0.6 is 23.6 Å². The molecule has 1 amide bonds. The van der Waals surface area contributed by atoms with Crippen LogP contribution in [0.5, 0.6) is 0 Å². The van der Waals surface area contributed by atoms with E-state index >= 15 is 0 Å². The summed E-state index contributed by atoms with van der Waals surface area (Å²) in [5, 5.41) is 8.13. The van der Waals surface area contributed by atoms with Crippen molar-refractivity contribution in [2.24, 2.45) is 5.92 Å². The van der Waals surface area contributed by atoms with E-state index in [1.807, 2.05) is 35.7 Å². The highest BCUT2D eigenvalue weighted by Gasteiger charge is 2.22. The van der Waals surface area contributed by atoms with Gasteiger partial charge in [-0.2, -0.15) is 0 Å². The van der Waals surface area contributed by atoms with E-state index in [2.05, 4.69) is 10.6 Å². The first-order valence-electron chi connectivity index (χ1n) is 7.89. The fraction of sp³-hybridized carbons (Fsp3) is 0.278. The van der Waals surface area contributed by atoms with Crippen molar-refractivity contribution >= 4 is 45.5 Å². The molecular weight excluding hydrogens is 356 g/mol. The van der Waals surface area contributed by atoms with Gasteiger partial charge in [0, 0.05) is 16.9 Å². The Kier molecular flexibility index (Phi) is 6.66. The molecule has 0 radical (unpaired) electrons. The van der Waals surface area contributed by atoms with E-state index in [0.29, 0.717) is 10.6 Å². The van der Waals surface area contributed by atoms with Gasteiger partial charge in [-0.25, -0.2) is 4.79 Å². The normalized spacial score (nSPS) is 10.4. The predicted molar refractivity (Wildman–Crippen MR) is 105 cm³/mol. The van der Waals surface area contributed by atoms with E-state index in [0.717, 1.165) is 11.1 Å². The smallest absolute Gasteiger partial charge is 0.341 e. The Bertz CT molecular complexity index is 770. The number of benzene rings is 1. The van der Waals surface area contributed by atoms with Crippen LogP contribution in [0.2, 0.25) is 0 Å². The topological polar surface area (TPSA) is 67.4 Å². The number of hydrogen-bond acceptors (Lipinski definition) is 5. The lowest BCUT2D eigenvalue weighted by Crippen LogP contribution is -2.36. The van der Waals surface area contributed by atoms with Gasteiger partial charge in [0.1, 0.15) is 10.6 Å². The molecule has 0 aliphatic rings. The maximum atomic E-state index is 12.4. The maximum Gasteiger partial charge on any atom is 0.341 e. The second-order valence-electron chi connectivity index (χ2n) is 5.54. The van der Waals surface area contributed by atoms with Crippen LogP contribution in [0.15, 0.2) is 35.7 Å². The summed E-state index contributed by atoms with van der Waals surface area (Å²) < 4.78 is 5.19. The molecule has 2 rings (SSSR count). The molecule has 1 aromatic heterocycles. The number of esters is 1. The minimum absolute atomic E-state index is 0.158. The standard InChI is InChI=1S/C18H20N2O3S2/c1-4-23-17(22)14-13(12-8-6-5-7-9-12)10-25-16(14)20-18(24)19-15(21)11(2)3/h5-11H,4H2,1-3H3,(H2,19,20,21,24). The molecule has 1 heterocycles. The van der Waals surface area contributed by atoms with Crippen LogP contribution < -0.4 is 10.6 Å². The van der Waals surface area contributed by atoms with Gasteiger partial charge in [0.2, 0.25) is 5.91 Å². The fourth-order valence-electron chi connectivity index (χ4n) is 2.08. The Morgan fingerprint density at radius 3 is 2.52 bits per heavy atom. The fourth-order valence-corrected chi connectivity index (χ4v) is 3.31.